The van der Waals surface area contributed by atoms with Gasteiger partial charge < -0.3 is 15.8 Å². The van der Waals surface area contributed by atoms with Gasteiger partial charge in [-0.05, 0) is 24.3 Å². The standard InChI is InChI=1S/C12H11ClFN3O/c1-18-10-6-7(14)2-4-9(10)16-12-8(15)3-5-11(13)17-12/h2-6H,15H2,1H3,(H,16,17). The van der Waals surface area contributed by atoms with Gasteiger partial charge in [0.15, 0.2) is 5.82 Å². The number of methoxy groups -OCH3 is 1. The number of benzene rings is 1. The van der Waals surface area contributed by atoms with Crippen LogP contribution in [0.25, 0.3) is 0 Å². The average molecular weight is 268 g/mol. The van der Waals surface area contributed by atoms with E-state index in [9.17, 15) is 4.39 Å². The molecule has 0 saturated carbocycles. The molecule has 0 aliphatic rings. The van der Waals surface area contributed by atoms with Crippen LogP contribution in [-0.2, 0) is 0 Å². The monoisotopic (exact) mass is 267 g/mol. The fourth-order valence-electron chi connectivity index (χ4n) is 1.44. The quantitative estimate of drug-likeness (QED) is 0.839. The predicted molar refractivity (Wildman–Crippen MR) is 69.9 cm³/mol. The van der Waals surface area contributed by atoms with Crippen LogP contribution in [0.15, 0.2) is 30.3 Å². The number of anilines is 3. The van der Waals surface area contributed by atoms with Crippen LogP contribution in [0.3, 0.4) is 0 Å². The van der Waals surface area contributed by atoms with E-state index in [0.717, 1.165) is 0 Å². The van der Waals surface area contributed by atoms with Crippen LogP contribution in [0.4, 0.5) is 21.6 Å². The minimum absolute atomic E-state index is 0.313. The van der Waals surface area contributed by atoms with Crippen molar-refractivity contribution in [1.82, 2.24) is 4.98 Å². The number of hydrogen-bond acceptors (Lipinski definition) is 4. The third-order valence-electron chi connectivity index (χ3n) is 2.31. The Labute approximate surface area is 109 Å². The third-order valence-corrected chi connectivity index (χ3v) is 2.52. The number of halogens is 2. The lowest BCUT2D eigenvalue weighted by molar-refractivity contribution is 0.413. The van der Waals surface area contributed by atoms with Gasteiger partial charge in [0.2, 0.25) is 0 Å². The van der Waals surface area contributed by atoms with Gasteiger partial charge in [-0.2, -0.15) is 0 Å². The highest BCUT2D eigenvalue weighted by molar-refractivity contribution is 6.29. The van der Waals surface area contributed by atoms with Gasteiger partial charge in [0.05, 0.1) is 18.5 Å². The molecule has 2 rings (SSSR count). The predicted octanol–water partition coefficient (Wildman–Crippen LogP) is 3.21. The molecule has 0 aliphatic heterocycles. The Hall–Kier alpha value is -2.01. The van der Waals surface area contributed by atoms with Crippen molar-refractivity contribution < 1.29 is 9.13 Å². The lowest BCUT2D eigenvalue weighted by Crippen LogP contribution is -2.01. The van der Waals surface area contributed by atoms with Gasteiger partial charge in [0.1, 0.15) is 16.7 Å². The van der Waals surface area contributed by atoms with E-state index in [2.05, 4.69) is 10.3 Å². The summed E-state index contributed by atoms with van der Waals surface area (Å²) in [6.45, 7) is 0. The van der Waals surface area contributed by atoms with Gasteiger partial charge in [0, 0.05) is 6.07 Å². The van der Waals surface area contributed by atoms with Crippen molar-refractivity contribution in [3.8, 4) is 5.75 Å². The van der Waals surface area contributed by atoms with Crippen molar-refractivity contribution in [3.05, 3.63) is 41.3 Å². The van der Waals surface area contributed by atoms with E-state index in [4.69, 9.17) is 22.1 Å². The first-order valence-corrected chi connectivity index (χ1v) is 5.50. The maximum atomic E-state index is 13.0. The highest BCUT2D eigenvalue weighted by Gasteiger charge is 2.08. The number of nitrogen functional groups attached to an aromatic ring is 1. The van der Waals surface area contributed by atoms with Crippen molar-refractivity contribution in [2.45, 2.75) is 0 Å². The highest BCUT2D eigenvalue weighted by Crippen LogP contribution is 2.30. The Kier molecular flexibility index (Phi) is 3.53. The Morgan fingerprint density at radius 2 is 2.11 bits per heavy atom. The van der Waals surface area contributed by atoms with E-state index in [0.29, 0.717) is 28.1 Å². The molecule has 0 bridgehead atoms. The number of pyridine rings is 1. The Morgan fingerprint density at radius 3 is 2.83 bits per heavy atom. The molecule has 0 spiro atoms. The minimum Gasteiger partial charge on any atom is -0.494 e. The number of nitrogens with two attached hydrogens (primary N) is 1. The molecule has 0 amide bonds. The third kappa shape index (κ3) is 2.62. The molecule has 0 radical (unpaired) electrons. The molecule has 1 heterocycles. The summed E-state index contributed by atoms with van der Waals surface area (Å²) >= 11 is 5.78. The van der Waals surface area contributed by atoms with Crippen molar-refractivity contribution in [2.24, 2.45) is 0 Å². The zero-order chi connectivity index (χ0) is 13.1. The first-order chi connectivity index (χ1) is 8.60. The molecule has 6 heteroatoms. The molecule has 1 aromatic heterocycles. The molecule has 1 aromatic carbocycles. The Balaban J connectivity index is 2.36. The summed E-state index contributed by atoms with van der Waals surface area (Å²) in [5.41, 5.74) is 6.75. The molecule has 18 heavy (non-hydrogen) atoms. The van der Waals surface area contributed by atoms with E-state index >= 15 is 0 Å². The van der Waals surface area contributed by atoms with E-state index in [1.54, 1.807) is 12.1 Å². The van der Waals surface area contributed by atoms with Crippen molar-refractivity contribution in [1.29, 1.82) is 0 Å². The maximum Gasteiger partial charge on any atom is 0.155 e. The molecule has 3 N–H and O–H groups in total. The number of nitrogens with zero attached hydrogens (tertiary/aromatic N) is 1. The van der Waals surface area contributed by atoms with Crippen LogP contribution in [0, 0.1) is 5.82 Å². The van der Waals surface area contributed by atoms with Crippen LogP contribution in [0.2, 0.25) is 5.15 Å². The molecule has 0 fully saturated rings. The van der Waals surface area contributed by atoms with Crippen LogP contribution in [-0.4, -0.2) is 12.1 Å². The lowest BCUT2D eigenvalue weighted by atomic mass is 10.2. The molecule has 0 atom stereocenters. The summed E-state index contributed by atoms with van der Waals surface area (Å²) < 4.78 is 18.1. The van der Waals surface area contributed by atoms with E-state index < -0.39 is 0 Å². The molecule has 4 nitrogen and oxygen atoms in total. The Bertz CT molecular complexity index is 577. The van der Waals surface area contributed by atoms with Gasteiger partial charge in [0.25, 0.3) is 0 Å². The van der Waals surface area contributed by atoms with Crippen LogP contribution in [0.1, 0.15) is 0 Å². The van der Waals surface area contributed by atoms with Crippen molar-refractivity contribution >= 4 is 28.8 Å². The van der Waals surface area contributed by atoms with Crippen LogP contribution < -0.4 is 15.8 Å². The van der Waals surface area contributed by atoms with Gasteiger partial charge >= 0.3 is 0 Å². The smallest absolute Gasteiger partial charge is 0.155 e. The summed E-state index contributed by atoms with van der Waals surface area (Å²) in [6, 6.07) is 7.34. The SMILES string of the molecule is COc1cc(F)ccc1Nc1nc(Cl)ccc1N. The van der Waals surface area contributed by atoms with Gasteiger partial charge in [-0.3, -0.25) is 0 Å². The molecule has 2 aromatic rings. The van der Waals surface area contributed by atoms with Gasteiger partial charge in [-0.1, -0.05) is 11.6 Å². The normalized spacial score (nSPS) is 10.2. The lowest BCUT2D eigenvalue weighted by Gasteiger charge is -2.12. The number of hydrogen-bond donors (Lipinski definition) is 2. The number of rotatable bonds is 3. The van der Waals surface area contributed by atoms with Gasteiger partial charge in [-0.25, -0.2) is 9.37 Å². The molecular formula is C12H11ClFN3O. The summed E-state index contributed by atoms with van der Waals surface area (Å²) in [4.78, 5) is 4.05. The zero-order valence-electron chi connectivity index (χ0n) is 9.58. The second-order valence-electron chi connectivity index (χ2n) is 3.54. The van der Waals surface area contributed by atoms with Crippen LogP contribution in [0.5, 0.6) is 5.75 Å². The minimum atomic E-state index is -0.385. The largest absolute Gasteiger partial charge is 0.494 e. The molecule has 0 saturated heterocycles. The van der Waals surface area contributed by atoms with Gasteiger partial charge in [-0.15, -0.1) is 0 Å². The van der Waals surface area contributed by atoms with E-state index in [1.165, 1.54) is 25.3 Å². The average Bonchev–Trinajstić information content (AvgIpc) is 2.36. The first kappa shape index (κ1) is 12.4. The second kappa shape index (κ2) is 5.10. The van der Waals surface area contributed by atoms with E-state index in [-0.39, 0.29) is 5.82 Å². The van der Waals surface area contributed by atoms with Crippen molar-refractivity contribution in [2.75, 3.05) is 18.2 Å². The number of aromatic nitrogens is 1. The van der Waals surface area contributed by atoms with E-state index in [1.807, 2.05) is 0 Å². The topological polar surface area (TPSA) is 60.2 Å². The van der Waals surface area contributed by atoms with Crippen molar-refractivity contribution in [3.63, 3.8) is 0 Å². The summed E-state index contributed by atoms with van der Waals surface area (Å²) in [5, 5.41) is 3.26. The van der Waals surface area contributed by atoms with Crippen LogP contribution >= 0.6 is 11.6 Å². The summed E-state index contributed by atoms with van der Waals surface area (Å²) in [5.74, 6) is 0.369. The number of nitrogens with one attached hydrogen (secondary N) is 1. The zero-order valence-corrected chi connectivity index (χ0v) is 10.3. The maximum absolute atomic E-state index is 13.0. The summed E-state index contributed by atoms with van der Waals surface area (Å²) in [6.07, 6.45) is 0. The highest BCUT2D eigenvalue weighted by atomic mass is 35.5. The summed E-state index contributed by atoms with van der Waals surface area (Å²) in [7, 11) is 1.45. The molecular weight excluding hydrogens is 257 g/mol. The first-order valence-electron chi connectivity index (χ1n) is 5.12. The Morgan fingerprint density at radius 1 is 1.33 bits per heavy atom. The molecule has 0 unspecified atom stereocenters. The second-order valence-corrected chi connectivity index (χ2v) is 3.93. The fraction of sp³-hybridized carbons (Fsp3) is 0.0833. The molecule has 94 valence electrons. The number of ether oxygens (including phenoxy) is 1. The molecule has 0 aliphatic carbocycles. The fourth-order valence-corrected chi connectivity index (χ4v) is 1.59.